The lowest BCUT2D eigenvalue weighted by Crippen LogP contribution is -2.49. The van der Waals surface area contributed by atoms with Gasteiger partial charge in [-0.3, -0.25) is 14.5 Å². The number of anilines is 2. The molecule has 2 aromatic rings. The van der Waals surface area contributed by atoms with Crippen molar-refractivity contribution in [3.05, 3.63) is 69.9 Å². The van der Waals surface area contributed by atoms with Crippen molar-refractivity contribution in [2.24, 2.45) is 5.11 Å². The molecular weight excluding hydrogens is 573 g/mol. The Morgan fingerprint density at radius 1 is 1.09 bits per heavy atom. The number of nitrogens with zero attached hydrogens (tertiary/aromatic N) is 6. The van der Waals surface area contributed by atoms with Gasteiger partial charge in [-0.05, 0) is 50.1 Å². The van der Waals surface area contributed by atoms with Gasteiger partial charge < -0.3 is 24.6 Å². The summed E-state index contributed by atoms with van der Waals surface area (Å²) in [5.41, 5.74) is 9.72. The normalized spacial score (nSPS) is 16.7. The molecule has 2 fully saturated rings. The van der Waals surface area contributed by atoms with E-state index in [4.69, 9.17) is 15.0 Å². The zero-order valence-electron chi connectivity index (χ0n) is 25.0. The fourth-order valence-electron chi connectivity index (χ4n) is 4.90. The van der Waals surface area contributed by atoms with Crippen molar-refractivity contribution in [1.29, 1.82) is 0 Å². The number of ether oxygens (including phenoxy) is 2. The first-order valence-electron chi connectivity index (χ1n) is 14.3. The summed E-state index contributed by atoms with van der Waals surface area (Å²) in [5, 5.41) is 6.06. The second kappa shape index (κ2) is 14.1. The minimum Gasteiger partial charge on any atom is -0.444 e. The molecule has 2 aromatic carbocycles. The first-order valence-corrected chi connectivity index (χ1v) is 14.3. The molecule has 0 spiro atoms. The summed E-state index contributed by atoms with van der Waals surface area (Å²) < 4.78 is 25.7. The predicted molar refractivity (Wildman–Crippen MR) is 160 cm³/mol. The SMILES string of the molecule is CC(C)(C)OC(=O)NC[C@H]1CN(c2ccc(N3CCN(C(=O)CCC(=O)c4ccc(CN=[N+]=[N-])cc4)CC3)c(F)c2)C(=O)O1. The first kappa shape index (κ1) is 32.1. The van der Waals surface area contributed by atoms with Crippen LogP contribution in [0, 0.1) is 5.82 Å². The average molecular weight is 610 g/mol. The fourth-order valence-corrected chi connectivity index (χ4v) is 4.90. The molecule has 2 aliphatic rings. The second-order valence-corrected chi connectivity index (χ2v) is 11.5. The highest BCUT2D eigenvalue weighted by Crippen LogP contribution is 2.29. The average Bonchev–Trinajstić information content (AvgIpc) is 3.37. The molecule has 2 heterocycles. The molecule has 0 saturated carbocycles. The third-order valence-electron chi connectivity index (χ3n) is 7.12. The predicted octanol–water partition coefficient (Wildman–Crippen LogP) is 4.80. The van der Waals surface area contributed by atoms with Gasteiger partial charge in [0.15, 0.2) is 5.78 Å². The number of Topliss-reactive ketones (excluding diaryl/α,β-unsaturated/α-hetero) is 1. The molecule has 13 nitrogen and oxygen atoms in total. The minimum absolute atomic E-state index is 0.0577. The van der Waals surface area contributed by atoms with E-state index in [0.717, 1.165) is 5.56 Å². The zero-order chi connectivity index (χ0) is 31.9. The van der Waals surface area contributed by atoms with Crippen LogP contribution in [0.15, 0.2) is 47.6 Å². The lowest BCUT2D eigenvalue weighted by Gasteiger charge is -2.36. The number of hydrogen-bond donors (Lipinski definition) is 1. The van der Waals surface area contributed by atoms with E-state index in [9.17, 15) is 19.2 Å². The Kier molecular flexibility index (Phi) is 10.3. The van der Waals surface area contributed by atoms with Gasteiger partial charge in [0.05, 0.1) is 31.0 Å². The molecule has 1 atom stereocenters. The number of hydrogen-bond acceptors (Lipinski definition) is 8. The van der Waals surface area contributed by atoms with Crippen molar-refractivity contribution in [3.63, 3.8) is 0 Å². The van der Waals surface area contributed by atoms with Crippen molar-refractivity contribution in [1.82, 2.24) is 10.2 Å². The van der Waals surface area contributed by atoms with Crippen LogP contribution in [0.2, 0.25) is 0 Å². The van der Waals surface area contributed by atoms with Gasteiger partial charge in [-0.1, -0.05) is 29.4 Å². The summed E-state index contributed by atoms with van der Waals surface area (Å²) in [6.45, 7) is 7.21. The Bertz CT molecular complexity index is 1430. The number of carbonyl (C=O) groups excluding carboxylic acids is 4. The molecule has 44 heavy (non-hydrogen) atoms. The van der Waals surface area contributed by atoms with Crippen molar-refractivity contribution in [2.75, 3.05) is 49.1 Å². The molecule has 0 aliphatic carbocycles. The standard InChI is InChI=1S/C30H36FN7O6/c1-30(2,3)44-28(41)33-18-23-19-38(29(42)43-23)22-8-9-25(24(31)16-22)36-12-14-37(15-13-36)27(40)11-10-26(39)21-6-4-20(5-7-21)17-34-35-32/h4-9,16,23H,10-15,17-19H2,1-3H3,(H,33,41)/t23-/m0/s1. The largest absolute Gasteiger partial charge is 0.444 e. The monoisotopic (exact) mass is 609 g/mol. The van der Waals surface area contributed by atoms with Crippen LogP contribution in [0.1, 0.15) is 49.5 Å². The Labute approximate surface area is 254 Å². The Morgan fingerprint density at radius 2 is 1.80 bits per heavy atom. The van der Waals surface area contributed by atoms with E-state index in [2.05, 4.69) is 15.3 Å². The van der Waals surface area contributed by atoms with Crippen LogP contribution in [-0.4, -0.2) is 79.8 Å². The Balaban J connectivity index is 1.24. The molecule has 2 aliphatic heterocycles. The maximum Gasteiger partial charge on any atom is 0.414 e. The van der Waals surface area contributed by atoms with Gasteiger partial charge in [-0.2, -0.15) is 0 Å². The number of amides is 3. The zero-order valence-corrected chi connectivity index (χ0v) is 25.0. The molecule has 1 N–H and O–H groups in total. The number of cyclic esters (lactones) is 1. The maximum atomic E-state index is 15.2. The number of ketones is 1. The Morgan fingerprint density at radius 3 is 2.43 bits per heavy atom. The number of rotatable bonds is 10. The smallest absolute Gasteiger partial charge is 0.414 e. The summed E-state index contributed by atoms with van der Waals surface area (Å²) in [6, 6.07) is 11.2. The van der Waals surface area contributed by atoms with Crippen molar-refractivity contribution < 1.29 is 33.0 Å². The number of benzene rings is 2. The van der Waals surface area contributed by atoms with Crippen LogP contribution in [0.3, 0.4) is 0 Å². The topological polar surface area (TPSA) is 157 Å². The van der Waals surface area contributed by atoms with Crippen LogP contribution in [0.5, 0.6) is 0 Å². The van der Waals surface area contributed by atoms with Crippen LogP contribution < -0.4 is 15.1 Å². The van der Waals surface area contributed by atoms with Gasteiger partial charge >= 0.3 is 12.2 Å². The van der Waals surface area contributed by atoms with Gasteiger partial charge in [0, 0.05) is 49.5 Å². The van der Waals surface area contributed by atoms with Gasteiger partial charge in [0.25, 0.3) is 0 Å². The van der Waals surface area contributed by atoms with E-state index in [-0.39, 0.29) is 44.2 Å². The minimum atomic E-state index is -0.657. The summed E-state index contributed by atoms with van der Waals surface area (Å²) in [7, 11) is 0. The molecule has 14 heteroatoms. The Hall–Kier alpha value is -4.84. The highest BCUT2D eigenvalue weighted by atomic mass is 19.1. The number of piperazine rings is 1. The van der Waals surface area contributed by atoms with Gasteiger partial charge in [0.1, 0.15) is 17.5 Å². The van der Waals surface area contributed by atoms with Crippen LogP contribution in [0.4, 0.5) is 25.4 Å². The molecule has 2 saturated heterocycles. The lowest BCUT2D eigenvalue weighted by atomic mass is 10.0. The molecule has 3 amide bonds. The quantitative estimate of drug-likeness (QED) is 0.175. The third-order valence-corrected chi connectivity index (χ3v) is 7.12. The van der Waals surface area contributed by atoms with Crippen molar-refractivity contribution >= 4 is 35.3 Å². The summed E-state index contributed by atoms with van der Waals surface area (Å²) in [6.07, 6.45) is -1.73. The van der Waals surface area contributed by atoms with Crippen molar-refractivity contribution in [3.8, 4) is 0 Å². The summed E-state index contributed by atoms with van der Waals surface area (Å²) >= 11 is 0. The number of carbonyl (C=O) groups is 4. The highest BCUT2D eigenvalue weighted by Gasteiger charge is 2.34. The summed E-state index contributed by atoms with van der Waals surface area (Å²) in [5.74, 6) is -0.805. The molecule has 0 bridgehead atoms. The van der Waals surface area contributed by atoms with Gasteiger partial charge in [0.2, 0.25) is 5.91 Å². The molecule has 0 radical (unpaired) electrons. The third kappa shape index (κ3) is 8.60. The fraction of sp³-hybridized carbons (Fsp3) is 0.467. The van der Waals surface area contributed by atoms with Gasteiger partial charge in [-0.15, -0.1) is 0 Å². The van der Waals surface area contributed by atoms with Crippen molar-refractivity contribution in [2.45, 2.75) is 51.9 Å². The van der Waals surface area contributed by atoms with Crippen LogP contribution in [0.25, 0.3) is 10.4 Å². The molecule has 0 unspecified atom stereocenters. The first-order chi connectivity index (χ1) is 20.9. The number of azide groups is 1. The van der Waals surface area contributed by atoms with Crippen LogP contribution in [-0.2, 0) is 20.8 Å². The number of alkyl carbamates (subject to hydrolysis) is 1. The highest BCUT2D eigenvalue weighted by molar-refractivity contribution is 5.98. The van der Waals surface area contributed by atoms with E-state index < -0.39 is 29.7 Å². The molecule has 4 rings (SSSR count). The lowest BCUT2D eigenvalue weighted by molar-refractivity contribution is -0.131. The van der Waals surface area contributed by atoms with E-state index >= 15 is 4.39 Å². The van der Waals surface area contributed by atoms with E-state index in [0.29, 0.717) is 43.1 Å². The molecule has 234 valence electrons. The van der Waals surface area contributed by atoms with E-state index in [1.54, 1.807) is 62.1 Å². The number of nitrogens with one attached hydrogen (secondary N) is 1. The second-order valence-electron chi connectivity index (χ2n) is 11.5. The summed E-state index contributed by atoms with van der Waals surface area (Å²) in [4.78, 5) is 57.2. The number of halogens is 1. The van der Waals surface area contributed by atoms with Crippen LogP contribution >= 0.6 is 0 Å². The molecule has 0 aromatic heterocycles. The van der Waals surface area contributed by atoms with E-state index in [1.165, 1.54) is 11.0 Å². The molecular formula is C30H36FN7O6. The maximum absolute atomic E-state index is 15.2. The van der Waals surface area contributed by atoms with Gasteiger partial charge in [-0.25, -0.2) is 14.0 Å². The van der Waals surface area contributed by atoms with E-state index in [1.807, 2.05) is 4.90 Å².